The molecule has 1 atom stereocenters. The molecule has 5 heteroatoms. The molecular weight excluding hydrogens is 161 g/mol. The van der Waals surface area contributed by atoms with Crippen LogP contribution in [0.1, 0.15) is 13.3 Å². The summed E-state index contributed by atoms with van der Waals surface area (Å²) in [4.78, 5) is 0. The summed E-state index contributed by atoms with van der Waals surface area (Å²) < 4.78 is 38.8. The second kappa shape index (κ2) is 4.56. The van der Waals surface area contributed by atoms with E-state index in [1.165, 1.54) is 6.92 Å². The lowest BCUT2D eigenvalue weighted by Gasteiger charge is -2.07. The average molecular weight is 172 g/mol. The number of ether oxygens (including phenoxy) is 1. The van der Waals surface area contributed by atoms with Gasteiger partial charge in [-0.15, -0.1) is 0 Å². The second-order valence-electron chi connectivity index (χ2n) is 2.29. The molecular formula is C6H11F3O2. The second-order valence-corrected chi connectivity index (χ2v) is 2.29. The van der Waals surface area contributed by atoms with Crippen molar-refractivity contribution >= 4 is 0 Å². The van der Waals surface area contributed by atoms with E-state index in [1.807, 2.05) is 0 Å². The molecule has 0 unspecified atom stereocenters. The molecule has 0 radical (unpaired) electrons. The highest BCUT2D eigenvalue weighted by Crippen LogP contribution is 2.18. The summed E-state index contributed by atoms with van der Waals surface area (Å²) in [7, 11) is 0. The van der Waals surface area contributed by atoms with E-state index < -0.39 is 18.7 Å². The predicted octanol–water partition coefficient (Wildman–Crippen LogP) is 1.34. The summed E-state index contributed by atoms with van der Waals surface area (Å²) in [6.45, 7) is 1.03. The molecule has 0 aromatic rings. The zero-order chi connectivity index (χ0) is 8.91. The topological polar surface area (TPSA) is 29.5 Å². The molecule has 0 aliphatic rings. The Hall–Kier alpha value is -0.290. The van der Waals surface area contributed by atoms with Crippen LogP contribution in [0.3, 0.4) is 0 Å². The predicted molar refractivity (Wildman–Crippen MR) is 33.2 cm³/mol. The van der Waals surface area contributed by atoms with Crippen molar-refractivity contribution in [1.29, 1.82) is 0 Å². The molecule has 0 aromatic heterocycles. The van der Waals surface area contributed by atoms with E-state index >= 15 is 0 Å². The van der Waals surface area contributed by atoms with Gasteiger partial charge in [0, 0.05) is 0 Å². The Morgan fingerprint density at radius 1 is 1.45 bits per heavy atom. The highest BCUT2D eigenvalue weighted by molar-refractivity contribution is 4.49. The molecule has 0 amide bonds. The van der Waals surface area contributed by atoms with Crippen LogP contribution in [0.25, 0.3) is 0 Å². The number of halogens is 3. The third kappa shape index (κ3) is 9.71. The molecule has 68 valence electrons. The van der Waals surface area contributed by atoms with Crippen LogP contribution < -0.4 is 0 Å². The van der Waals surface area contributed by atoms with Gasteiger partial charge in [0.25, 0.3) is 0 Å². The minimum atomic E-state index is -4.17. The fraction of sp³-hybridized carbons (Fsp3) is 1.00. The molecule has 0 aliphatic heterocycles. The minimum Gasteiger partial charge on any atom is -0.391 e. The summed E-state index contributed by atoms with van der Waals surface area (Å²) in [5, 5.41) is 8.58. The largest absolute Gasteiger partial charge is 0.391 e. The van der Waals surface area contributed by atoms with Crippen LogP contribution in [0.2, 0.25) is 0 Å². The van der Waals surface area contributed by atoms with Gasteiger partial charge in [-0.2, -0.15) is 13.2 Å². The van der Waals surface area contributed by atoms with Gasteiger partial charge in [0.1, 0.15) is 0 Å². The molecule has 0 aromatic carbocycles. The standard InChI is InChI=1S/C6H11F3O2/c1-5(10)4-11-3-2-6(7,8)9/h5,10H,2-4H2,1H3/t5-/m0/s1. The molecule has 2 nitrogen and oxygen atoms in total. The van der Waals surface area contributed by atoms with Gasteiger partial charge in [-0.1, -0.05) is 0 Å². The molecule has 0 saturated heterocycles. The van der Waals surface area contributed by atoms with Gasteiger partial charge < -0.3 is 9.84 Å². The number of rotatable bonds is 4. The maximum absolute atomic E-state index is 11.4. The van der Waals surface area contributed by atoms with Crippen molar-refractivity contribution in [2.24, 2.45) is 0 Å². The lowest BCUT2D eigenvalue weighted by Crippen LogP contribution is -2.16. The Kier molecular flexibility index (Phi) is 4.44. The van der Waals surface area contributed by atoms with Gasteiger partial charge in [0.2, 0.25) is 0 Å². The SMILES string of the molecule is C[C@H](O)COCCC(F)(F)F. The molecule has 0 aliphatic carbocycles. The third-order valence-corrected chi connectivity index (χ3v) is 0.889. The third-order valence-electron chi connectivity index (χ3n) is 0.889. The zero-order valence-electron chi connectivity index (χ0n) is 6.19. The van der Waals surface area contributed by atoms with Crippen LogP contribution in [0.4, 0.5) is 13.2 Å². The van der Waals surface area contributed by atoms with Crippen molar-refractivity contribution in [2.75, 3.05) is 13.2 Å². The summed E-state index contributed by atoms with van der Waals surface area (Å²) >= 11 is 0. The van der Waals surface area contributed by atoms with Gasteiger partial charge in [-0.05, 0) is 6.92 Å². The first-order valence-electron chi connectivity index (χ1n) is 3.24. The first kappa shape index (κ1) is 10.7. The summed E-state index contributed by atoms with van der Waals surface area (Å²) in [6.07, 6.45) is -5.83. The van der Waals surface area contributed by atoms with Crippen molar-refractivity contribution in [3.05, 3.63) is 0 Å². The molecule has 0 fully saturated rings. The van der Waals surface area contributed by atoms with Crippen LogP contribution in [0.5, 0.6) is 0 Å². The Balaban J connectivity index is 3.15. The van der Waals surface area contributed by atoms with Crippen molar-refractivity contribution in [3.8, 4) is 0 Å². The van der Waals surface area contributed by atoms with Crippen LogP contribution in [-0.4, -0.2) is 30.6 Å². The van der Waals surface area contributed by atoms with Crippen LogP contribution in [0, 0.1) is 0 Å². The lowest BCUT2D eigenvalue weighted by atomic mass is 10.4. The van der Waals surface area contributed by atoms with Gasteiger partial charge >= 0.3 is 6.18 Å². The Morgan fingerprint density at radius 3 is 2.36 bits per heavy atom. The molecule has 0 bridgehead atoms. The maximum atomic E-state index is 11.4. The van der Waals surface area contributed by atoms with Gasteiger partial charge in [0.05, 0.1) is 25.7 Å². The monoisotopic (exact) mass is 172 g/mol. The van der Waals surface area contributed by atoms with Crippen molar-refractivity contribution in [1.82, 2.24) is 0 Å². The zero-order valence-corrected chi connectivity index (χ0v) is 6.19. The van der Waals surface area contributed by atoms with E-state index in [0.29, 0.717) is 0 Å². The van der Waals surface area contributed by atoms with E-state index in [2.05, 4.69) is 4.74 Å². The molecule has 1 N–H and O–H groups in total. The molecule has 0 heterocycles. The first-order valence-corrected chi connectivity index (χ1v) is 3.24. The van der Waals surface area contributed by atoms with E-state index in [4.69, 9.17) is 5.11 Å². The molecule has 0 saturated carbocycles. The highest BCUT2D eigenvalue weighted by atomic mass is 19.4. The highest BCUT2D eigenvalue weighted by Gasteiger charge is 2.26. The number of aliphatic hydroxyl groups is 1. The van der Waals surface area contributed by atoms with E-state index in [1.54, 1.807) is 0 Å². The number of hydrogen-bond acceptors (Lipinski definition) is 2. The summed E-state index contributed by atoms with van der Waals surface area (Å²) in [6, 6.07) is 0. The molecule has 0 rings (SSSR count). The van der Waals surface area contributed by atoms with Gasteiger partial charge in [0.15, 0.2) is 0 Å². The normalized spacial score (nSPS) is 15.0. The molecule has 0 spiro atoms. The lowest BCUT2D eigenvalue weighted by molar-refractivity contribution is -0.146. The minimum absolute atomic E-state index is 0.0456. The maximum Gasteiger partial charge on any atom is 0.391 e. The van der Waals surface area contributed by atoms with Gasteiger partial charge in [-0.3, -0.25) is 0 Å². The fourth-order valence-corrected chi connectivity index (χ4v) is 0.442. The van der Waals surface area contributed by atoms with Crippen molar-refractivity contribution in [2.45, 2.75) is 25.6 Å². The Bertz CT molecular complexity index is 100. The summed E-state index contributed by atoms with van der Waals surface area (Å²) in [5.41, 5.74) is 0. The van der Waals surface area contributed by atoms with Crippen LogP contribution in [-0.2, 0) is 4.74 Å². The van der Waals surface area contributed by atoms with Gasteiger partial charge in [-0.25, -0.2) is 0 Å². The fourth-order valence-electron chi connectivity index (χ4n) is 0.442. The Labute approximate surface area is 63.0 Å². The van der Waals surface area contributed by atoms with Crippen LogP contribution >= 0.6 is 0 Å². The van der Waals surface area contributed by atoms with E-state index in [-0.39, 0.29) is 13.2 Å². The summed E-state index contributed by atoms with van der Waals surface area (Å²) in [5.74, 6) is 0. The Morgan fingerprint density at radius 2 is 2.00 bits per heavy atom. The van der Waals surface area contributed by atoms with Crippen molar-refractivity contribution < 1.29 is 23.0 Å². The van der Waals surface area contributed by atoms with E-state index in [0.717, 1.165) is 0 Å². The van der Waals surface area contributed by atoms with Crippen molar-refractivity contribution in [3.63, 3.8) is 0 Å². The number of hydrogen-bond donors (Lipinski definition) is 1. The first-order chi connectivity index (χ1) is 4.92. The number of aliphatic hydroxyl groups excluding tert-OH is 1. The quantitative estimate of drug-likeness (QED) is 0.648. The number of alkyl halides is 3. The molecule has 11 heavy (non-hydrogen) atoms. The smallest absolute Gasteiger partial charge is 0.391 e. The average Bonchev–Trinajstić information content (AvgIpc) is 1.78. The van der Waals surface area contributed by atoms with Crippen LogP contribution in [0.15, 0.2) is 0 Å². The van der Waals surface area contributed by atoms with E-state index in [9.17, 15) is 13.2 Å².